The van der Waals surface area contributed by atoms with Crippen LogP contribution in [0.4, 0.5) is 18.0 Å². The van der Waals surface area contributed by atoms with Crippen LogP contribution in [0.2, 0.25) is 0 Å². The van der Waals surface area contributed by atoms with Gasteiger partial charge in [-0.15, -0.1) is 0 Å². The second-order valence-corrected chi connectivity index (χ2v) is 5.70. The Kier molecular flexibility index (Phi) is 6.86. The maximum Gasteiger partial charge on any atom is 0.460 e. The lowest BCUT2D eigenvalue weighted by Crippen LogP contribution is -2.69. The van der Waals surface area contributed by atoms with Gasteiger partial charge in [0, 0.05) is 6.54 Å². The van der Waals surface area contributed by atoms with Gasteiger partial charge < -0.3 is 14.8 Å². The Morgan fingerprint density at radius 3 is 2.07 bits per heavy atom. The fourth-order valence-corrected chi connectivity index (χ4v) is 2.34. The number of amides is 2. The van der Waals surface area contributed by atoms with Gasteiger partial charge in [0.15, 0.2) is 0 Å². The number of carbonyl (C=O) groups is 2. The molecule has 0 radical (unpaired) electrons. The Labute approximate surface area is 159 Å². The molecule has 0 aliphatic rings. The van der Waals surface area contributed by atoms with Gasteiger partial charge in [-0.1, -0.05) is 48.5 Å². The number of halogens is 3. The van der Waals surface area contributed by atoms with Crippen molar-refractivity contribution in [3.63, 3.8) is 0 Å². The van der Waals surface area contributed by atoms with Gasteiger partial charge in [-0.25, -0.2) is 9.59 Å². The molecule has 0 aliphatic heterocycles. The molecule has 0 saturated carbocycles. The minimum absolute atomic E-state index is 0.0519. The molecule has 0 aromatic heterocycles. The number of alkyl halides is 3. The van der Waals surface area contributed by atoms with E-state index in [4.69, 9.17) is 4.74 Å². The summed E-state index contributed by atoms with van der Waals surface area (Å²) in [4.78, 5) is 24.1. The predicted molar refractivity (Wildman–Crippen MR) is 94.6 cm³/mol. The zero-order chi connectivity index (χ0) is 20.6. The van der Waals surface area contributed by atoms with Crippen LogP contribution in [0.3, 0.4) is 0 Å². The first kappa shape index (κ1) is 21.1. The number of para-hydroxylation sites is 1. The number of urea groups is 1. The van der Waals surface area contributed by atoms with Crippen molar-refractivity contribution >= 4 is 12.0 Å². The van der Waals surface area contributed by atoms with Crippen molar-refractivity contribution in [2.75, 3.05) is 13.7 Å². The largest absolute Gasteiger partial charge is 0.464 e. The first-order valence-corrected chi connectivity index (χ1v) is 8.27. The van der Waals surface area contributed by atoms with Crippen molar-refractivity contribution < 1.29 is 32.2 Å². The molecular formula is C19H19F3N2O4. The van der Waals surface area contributed by atoms with Crippen molar-refractivity contribution in [3.05, 3.63) is 66.2 Å². The van der Waals surface area contributed by atoms with E-state index in [0.717, 1.165) is 12.7 Å². The van der Waals surface area contributed by atoms with E-state index in [1.165, 1.54) is 24.3 Å². The molecule has 0 heterocycles. The lowest BCUT2D eigenvalue weighted by molar-refractivity contribution is -0.258. The average molecular weight is 396 g/mol. The molecule has 1 atom stereocenters. The van der Waals surface area contributed by atoms with Gasteiger partial charge >= 0.3 is 23.9 Å². The van der Waals surface area contributed by atoms with Crippen molar-refractivity contribution in [2.24, 2.45) is 0 Å². The van der Waals surface area contributed by atoms with E-state index >= 15 is 0 Å². The number of ether oxygens (including phenoxy) is 2. The Balaban J connectivity index is 2.15. The summed E-state index contributed by atoms with van der Waals surface area (Å²) in [5.74, 6) is -2.07. The van der Waals surface area contributed by atoms with E-state index in [0.29, 0.717) is 6.42 Å². The fraction of sp³-hybridized carbons (Fsp3) is 0.263. The standard InChI is InChI=1S/C19H19F3N2O4/c1-27-16(25)18(19(20,21)22,28-15-10-6-3-7-11-15)24-17(26)23-13-12-14-8-4-2-5-9-14/h2-11H,12-13H2,1H3,(H2,23,24,26)/t18-/m0/s1. The molecule has 0 unspecified atom stereocenters. The van der Waals surface area contributed by atoms with Crippen LogP contribution < -0.4 is 15.4 Å². The van der Waals surface area contributed by atoms with Crippen molar-refractivity contribution in [1.29, 1.82) is 0 Å². The minimum Gasteiger partial charge on any atom is -0.464 e. The average Bonchev–Trinajstić information content (AvgIpc) is 2.67. The molecule has 0 saturated heterocycles. The number of esters is 1. The maximum atomic E-state index is 13.8. The van der Waals surface area contributed by atoms with Gasteiger partial charge in [0.2, 0.25) is 0 Å². The summed E-state index contributed by atoms with van der Waals surface area (Å²) in [7, 11) is 0.770. The van der Waals surface area contributed by atoms with E-state index in [1.54, 1.807) is 23.5 Å². The van der Waals surface area contributed by atoms with Gasteiger partial charge in [-0.2, -0.15) is 13.2 Å². The Morgan fingerprint density at radius 2 is 1.54 bits per heavy atom. The van der Waals surface area contributed by atoms with Crippen LogP contribution >= 0.6 is 0 Å². The van der Waals surface area contributed by atoms with Gasteiger partial charge in [0.1, 0.15) is 5.75 Å². The van der Waals surface area contributed by atoms with Crippen molar-refractivity contribution in [3.8, 4) is 5.75 Å². The van der Waals surface area contributed by atoms with Gasteiger partial charge in [0.25, 0.3) is 0 Å². The van der Waals surface area contributed by atoms with Crippen LogP contribution in [-0.4, -0.2) is 37.6 Å². The van der Waals surface area contributed by atoms with Crippen molar-refractivity contribution in [1.82, 2.24) is 10.6 Å². The number of hydrogen-bond acceptors (Lipinski definition) is 4. The summed E-state index contributed by atoms with van der Waals surface area (Å²) in [6, 6.07) is 14.7. The molecule has 2 N–H and O–H groups in total. The molecule has 0 fully saturated rings. The lowest BCUT2D eigenvalue weighted by Gasteiger charge is -2.33. The van der Waals surface area contributed by atoms with Gasteiger partial charge in [0.05, 0.1) is 7.11 Å². The Bertz CT molecular complexity index is 785. The number of nitrogens with one attached hydrogen (secondary N) is 2. The summed E-state index contributed by atoms with van der Waals surface area (Å²) < 4.78 is 50.5. The van der Waals surface area contributed by atoms with E-state index < -0.39 is 23.9 Å². The number of rotatable bonds is 7. The molecule has 2 aromatic rings. The summed E-state index contributed by atoms with van der Waals surface area (Å²) in [6.45, 7) is 0.0519. The van der Waals surface area contributed by atoms with Crippen LogP contribution in [0.1, 0.15) is 5.56 Å². The fourth-order valence-electron chi connectivity index (χ4n) is 2.34. The molecule has 0 bridgehead atoms. The third-order valence-electron chi connectivity index (χ3n) is 3.72. The summed E-state index contributed by atoms with van der Waals surface area (Å²) >= 11 is 0. The van der Waals surface area contributed by atoms with E-state index in [9.17, 15) is 22.8 Å². The summed E-state index contributed by atoms with van der Waals surface area (Å²) in [5, 5.41) is 3.87. The van der Waals surface area contributed by atoms with Crippen LogP contribution in [0.25, 0.3) is 0 Å². The molecule has 0 spiro atoms. The van der Waals surface area contributed by atoms with Gasteiger partial charge in [-0.3, -0.25) is 5.32 Å². The highest BCUT2D eigenvalue weighted by Gasteiger charge is 2.66. The van der Waals surface area contributed by atoms with E-state index in [-0.39, 0.29) is 12.3 Å². The first-order chi connectivity index (χ1) is 13.3. The zero-order valence-corrected chi connectivity index (χ0v) is 15.0. The molecular weight excluding hydrogens is 377 g/mol. The smallest absolute Gasteiger partial charge is 0.460 e. The molecule has 0 aliphatic carbocycles. The third-order valence-corrected chi connectivity index (χ3v) is 3.72. The molecule has 150 valence electrons. The topological polar surface area (TPSA) is 76.7 Å². The Hall–Kier alpha value is -3.23. The Morgan fingerprint density at radius 1 is 0.964 bits per heavy atom. The number of carbonyl (C=O) groups excluding carboxylic acids is 2. The first-order valence-electron chi connectivity index (χ1n) is 8.27. The SMILES string of the molecule is COC(=O)[C@](NC(=O)NCCc1ccccc1)(Oc1ccccc1)C(F)(F)F. The van der Waals surface area contributed by atoms with Crippen molar-refractivity contribution in [2.45, 2.75) is 18.3 Å². The lowest BCUT2D eigenvalue weighted by atomic mass is 10.1. The number of benzene rings is 2. The highest BCUT2D eigenvalue weighted by atomic mass is 19.4. The molecule has 6 nitrogen and oxygen atoms in total. The second-order valence-electron chi connectivity index (χ2n) is 5.70. The van der Waals surface area contributed by atoms with E-state index in [2.05, 4.69) is 10.1 Å². The molecule has 28 heavy (non-hydrogen) atoms. The summed E-state index contributed by atoms with van der Waals surface area (Å²) in [6.07, 6.45) is -4.89. The quantitative estimate of drug-likeness (QED) is 0.557. The molecule has 2 rings (SSSR count). The van der Waals surface area contributed by atoms with Crippen LogP contribution in [-0.2, 0) is 16.0 Å². The maximum absolute atomic E-state index is 13.8. The molecule has 9 heteroatoms. The highest BCUT2D eigenvalue weighted by Crippen LogP contribution is 2.34. The number of hydrogen-bond donors (Lipinski definition) is 2. The number of methoxy groups -OCH3 is 1. The van der Waals surface area contributed by atoms with Gasteiger partial charge in [-0.05, 0) is 24.1 Å². The van der Waals surface area contributed by atoms with Crippen LogP contribution in [0.5, 0.6) is 5.75 Å². The summed E-state index contributed by atoms with van der Waals surface area (Å²) in [5.41, 5.74) is -2.81. The monoisotopic (exact) mass is 396 g/mol. The zero-order valence-electron chi connectivity index (χ0n) is 15.0. The molecule has 2 amide bonds. The normalized spacial score (nSPS) is 13.1. The van der Waals surface area contributed by atoms with Crippen LogP contribution in [0, 0.1) is 0 Å². The van der Waals surface area contributed by atoms with Crippen LogP contribution in [0.15, 0.2) is 60.7 Å². The second kappa shape index (κ2) is 9.12. The minimum atomic E-state index is -5.29. The third kappa shape index (κ3) is 5.15. The van der Waals surface area contributed by atoms with E-state index in [1.807, 2.05) is 18.2 Å². The predicted octanol–water partition coefficient (Wildman–Crippen LogP) is 3.04. The molecule has 2 aromatic carbocycles. The highest BCUT2D eigenvalue weighted by molar-refractivity contribution is 5.87.